The molecule has 1 aromatic carbocycles. The molecule has 4 rings (SSSR count). The molecule has 6 nitrogen and oxygen atoms in total. The molecule has 0 atom stereocenters. The summed E-state index contributed by atoms with van der Waals surface area (Å²) in [5.41, 5.74) is 6.60. The first-order valence-corrected chi connectivity index (χ1v) is 9.19. The smallest absolute Gasteiger partial charge is 0.249 e. The number of hydrogen-bond acceptors (Lipinski definition) is 5. The Balaban J connectivity index is 1.52. The molecule has 29 heavy (non-hydrogen) atoms. The molecule has 0 saturated heterocycles. The van der Waals surface area contributed by atoms with E-state index in [1.807, 2.05) is 0 Å². The molecule has 0 unspecified atom stereocenters. The Kier molecular flexibility index (Phi) is 4.92. The number of pyridine rings is 1. The van der Waals surface area contributed by atoms with Gasteiger partial charge in [0.05, 0.1) is 5.69 Å². The molecule has 1 aliphatic carbocycles. The second-order valence-corrected chi connectivity index (χ2v) is 7.18. The van der Waals surface area contributed by atoms with Crippen molar-refractivity contribution in [1.29, 1.82) is 0 Å². The molecule has 3 aromatic rings. The van der Waals surface area contributed by atoms with Crippen molar-refractivity contribution in [3.05, 3.63) is 72.1 Å². The summed E-state index contributed by atoms with van der Waals surface area (Å²) in [5, 5.41) is 3.06. The van der Waals surface area contributed by atoms with Crippen molar-refractivity contribution in [3.63, 3.8) is 0 Å². The Bertz CT molecular complexity index is 1040. The molecule has 2 heterocycles. The summed E-state index contributed by atoms with van der Waals surface area (Å²) >= 11 is 0. The Hall–Kier alpha value is -3.42. The molecule has 2 aromatic heterocycles. The number of hydrogen-bond donors (Lipinski definition) is 2. The van der Waals surface area contributed by atoms with Gasteiger partial charge in [0.15, 0.2) is 0 Å². The summed E-state index contributed by atoms with van der Waals surface area (Å²) in [5.74, 6) is -0.656. The second kappa shape index (κ2) is 7.54. The number of nitrogens with zero attached hydrogens (tertiary/aromatic N) is 3. The predicted molar refractivity (Wildman–Crippen MR) is 104 cm³/mol. The fourth-order valence-electron chi connectivity index (χ4n) is 3.74. The van der Waals surface area contributed by atoms with Crippen molar-refractivity contribution in [1.82, 2.24) is 15.0 Å². The van der Waals surface area contributed by atoms with Crippen LogP contribution in [0.4, 0.5) is 14.7 Å². The van der Waals surface area contributed by atoms with Gasteiger partial charge in [-0.05, 0) is 36.6 Å². The highest BCUT2D eigenvalue weighted by atomic mass is 19.1. The first kappa shape index (κ1) is 18.9. The van der Waals surface area contributed by atoms with Crippen molar-refractivity contribution in [3.8, 4) is 11.1 Å². The highest BCUT2D eigenvalue weighted by molar-refractivity contribution is 5.99. The number of aromatic nitrogens is 3. The number of amides is 1. The molecule has 0 radical (unpaired) electrons. The average molecular weight is 395 g/mol. The minimum absolute atomic E-state index is 0.192. The van der Waals surface area contributed by atoms with Gasteiger partial charge >= 0.3 is 0 Å². The lowest BCUT2D eigenvalue weighted by Crippen LogP contribution is -2.49. The Morgan fingerprint density at radius 3 is 2.52 bits per heavy atom. The molecule has 1 aliphatic rings. The fourth-order valence-corrected chi connectivity index (χ4v) is 3.74. The molecule has 1 fully saturated rings. The van der Waals surface area contributed by atoms with Crippen LogP contribution in [0.3, 0.4) is 0 Å². The highest BCUT2D eigenvalue weighted by Gasteiger charge is 2.48. The fraction of sp³-hybridized carbons (Fsp3) is 0.238. The van der Waals surface area contributed by atoms with E-state index in [0.29, 0.717) is 22.6 Å². The Morgan fingerprint density at radius 1 is 1.14 bits per heavy atom. The van der Waals surface area contributed by atoms with E-state index in [9.17, 15) is 13.6 Å². The van der Waals surface area contributed by atoms with Crippen molar-refractivity contribution >= 4 is 11.9 Å². The third kappa shape index (κ3) is 3.65. The summed E-state index contributed by atoms with van der Waals surface area (Å²) in [7, 11) is 0. The molecule has 0 spiro atoms. The first-order valence-electron chi connectivity index (χ1n) is 9.19. The summed E-state index contributed by atoms with van der Waals surface area (Å²) in [6, 6.07) is 9.77. The molecule has 0 aliphatic heterocycles. The summed E-state index contributed by atoms with van der Waals surface area (Å²) in [6.45, 7) is 0.262. The van der Waals surface area contributed by atoms with Gasteiger partial charge in [-0.1, -0.05) is 18.2 Å². The number of halogens is 2. The van der Waals surface area contributed by atoms with Gasteiger partial charge in [0.25, 0.3) is 0 Å². The zero-order valence-corrected chi connectivity index (χ0v) is 15.5. The Labute approximate surface area is 166 Å². The maximum atomic E-state index is 14.2. The van der Waals surface area contributed by atoms with Crippen LogP contribution in [0.15, 0.2) is 55.0 Å². The first-order chi connectivity index (χ1) is 14.0. The second-order valence-electron chi connectivity index (χ2n) is 7.18. The normalized spacial score (nSPS) is 20.7. The number of carbonyl (C=O) groups is 1. The zero-order chi connectivity index (χ0) is 20.4. The molecular weight excluding hydrogens is 376 g/mol. The minimum atomic E-state index is -0.980. The van der Waals surface area contributed by atoms with Gasteiger partial charge in [-0.15, -0.1) is 0 Å². The quantitative estimate of drug-likeness (QED) is 0.668. The van der Waals surface area contributed by atoms with Gasteiger partial charge in [-0.2, -0.15) is 0 Å². The van der Waals surface area contributed by atoms with Crippen molar-refractivity contribution in [2.45, 2.75) is 24.4 Å². The van der Waals surface area contributed by atoms with E-state index in [-0.39, 0.29) is 25.1 Å². The summed E-state index contributed by atoms with van der Waals surface area (Å²) in [6.07, 6.45) is 4.06. The van der Waals surface area contributed by atoms with Crippen molar-refractivity contribution in [2.24, 2.45) is 5.73 Å². The topological polar surface area (TPSA) is 93.8 Å². The summed E-state index contributed by atoms with van der Waals surface area (Å²) in [4.78, 5) is 24.3. The number of rotatable bonds is 6. The van der Waals surface area contributed by atoms with E-state index in [1.165, 1.54) is 18.3 Å². The lowest BCUT2D eigenvalue weighted by molar-refractivity contribution is 0.0963. The standard InChI is InChI=1S/C21H19F2N5O/c22-14-8-21(9-14,18-17(23)6-3-7-25-18)12-28-20-26-10-13(11-27-20)15-4-1-2-5-16(15)19(24)29/h1-7,10-11,14H,8-9,12H2,(H2,24,29)(H,26,27,28)/t14-,21-. The number of alkyl halides is 1. The van der Waals surface area contributed by atoms with Crippen molar-refractivity contribution in [2.75, 3.05) is 11.9 Å². The largest absolute Gasteiger partial charge is 0.366 e. The Morgan fingerprint density at radius 2 is 1.86 bits per heavy atom. The van der Waals surface area contributed by atoms with Crippen LogP contribution in [0.1, 0.15) is 28.9 Å². The molecule has 0 bridgehead atoms. The lowest BCUT2D eigenvalue weighted by Gasteiger charge is -2.43. The van der Waals surface area contributed by atoms with E-state index in [4.69, 9.17) is 5.73 Å². The van der Waals surface area contributed by atoms with E-state index in [1.54, 1.807) is 36.7 Å². The van der Waals surface area contributed by atoms with E-state index in [0.717, 1.165) is 0 Å². The third-order valence-electron chi connectivity index (χ3n) is 5.23. The van der Waals surface area contributed by atoms with Gasteiger partial charge < -0.3 is 11.1 Å². The van der Waals surface area contributed by atoms with Gasteiger partial charge in [0.2, 0.25) is 11.9 Å². The molecule has 3 N–H and O–H groups in total. The van der Waals surface area contributed by atoms with Crippen LogP contribution in [0.2, 0.25) is 0 Å². The van der Waals surface area contributed by atoms with E-state index >= 15 is 0 Å². The predicted octanol–water partition coefficient (Wildman–Crippen LogP) is 3.26. The summed E-state index contributed by atoms with van der Waals surface area (Å²) < 4.78 is 27.9. The molecule has 1 amide bonds. The van der Waals surface area contributed by atoms with Crippen LogP contribution in [0, 0.1) is 5.82 Å². The van der Waals surface area contributed by atoms with Crippen LogP contribution < -0.4 is 11.1 Å². The van der Waals surface area contributed by atoms with Gasteiger partial charge in [0, 0.05) is 41.7 Å². The number of anilines is 1. The molecule has 148 valence electrons. The molecular formula is C21H19F2N5O. The number of nitrogens with one attached hydrogen (secondary N) is 1. The van der Waals surface area contributed by atoms with Crippen molar-refractivity contribution < 1.29 is 13.6 Å². The zero-order valence-electron chi connectivity index (χ0n) is 15.5. The average Bonchev–Trinajstić information content (AvgIpc) is 2.71. The van der Waals surface area contributed by atoms with Gasteiger partial charge in [-0.3, -0.25) is 9.78 Å². The van der Waals surface area contributed by atoms with Crippen LogP contribution in [0.25, 0.3) is 11.1 Å². The highest BCUT2D eigenvalue weighted by Crippen LogP contribution is 2.45. The number of benzene rings is 1. The monoisotopic (exact) mass is 395 g/mol. The van der Waals surface area contributed by atoms with Gasteiger partial charge in [0.1, 0.15) is 12.0 Å². The van der Waals surface area contributed by atoms with E-state index in [2.05, 4.69) is 20.3 Å². The number of primary amides is 1. The van der Waals surface area contributed by atoms with Crippen LogP contribution in [-0.4, -0.2) is 33.6 Å². The molecule has 8 heteroatoms. The van der Waals surface area contributed by atoms with Crippen LogP contribution in [-0.2, 0) is 5.41 Å². The molecule has 1 saturated carbocycles. The SMILES string of the molecule is NC(=O)c1ccccc1-c1cnc(NC[C@]2(c3ncccc3F)C[C@H](F)C2)nc1. The third-order valence-corrected chi connectivity index (χ3v) is 5.23. The number of carbonyl (C=O) groups excluding carboxylic acids is 1. The minimum Gasteiger partial charge on any atom is -0.366 e. The van der Waals surface area contributed by atoms with Crippen LogP contribution >= 0.6 is 0 Å². The lowest BCUT2D eigenvalue weighted by atomic mass is 9.65. The maximum Gasteiger partial charge on any atom is 0.249 e. The van der Waals surface area contributed by atoms with E-state index < -0.39 is 23.3 Å². The maximum absolute atomic E-state index is 14.2. The van der Waals surface area contributed by atoms with Gasteiger partial charge in [-0.25, -0.2) is 18.7 Å². The van der Waals surface area contributed by atoms with Crippen LogP contribution in [0.5, 0.6) is 0 Å². The number of nitrogens with two attached hydrogens (primary N) is 1.